The topological polar surface area (TPSA) is 89.3 Å². The highest BCUT2D eigenvalue weighted by atomic mass is 32.2. The predicted octanol–water partition coefficient (Wildman–Crippen LogP) is 1.31. The second-order valence-corrected chi connectivity index (χ2v) is 6.91. The van der Waals surface area contributed by atoms with Crippen molar-refractivity contribution < 1.29 is 17.6 Å². The summed E-state index contributed by atoms with van der Waals surface area (Å²) in [6.45, 7) is 6.58. The van der Waals surface area contributed by atoms with Crippen molar-refractivity contribution in [3.63, 3.8) is 0 Å². The first-order valence-electron chi connectivity index (χ1n) is 5.57. The van der Waals surface area contributed by atoms with Crippen molar-refractivity contribution in [1.29, 1.82) is 0 Å². The van der Waals surface area contributed by atoms with Gasteiger partial charge in [0.1, 0.15) is 5.82 Å². The van der Waals surface area contributed by atoms with Crippen LogP contribution in [0.2, 0.25) is 0 Å². The molecule has 1 aromatic rings. The number of nitrogens with two attached hydrogens (primary N) is 1. The smallest absolute Gasteiger partial charge is 0.254 e. The van der Waals surface area contributed by atoms with E-state index in [1.807, 2.05) is 0 Å². The molecule has 7 heteroatoms. The number of primary sulfonamides is 1. The largest absolute Gasteiger partial charge is 0.347 e. The fourth-order valence-electron chi connectivity index (χ4n) is 1.47. The number of benzene rings is 1. The quantitative estimate of drug-likeness (QED) is 0.859. The lowest BCUT2D eigenvalue weighted by Crippen LogP contribution is -2.41. The monoisotopic (exact) mass is 288 g/mol. The maximum atomic E-state index is 13.9. The van der Waals surface area contributed by atoms with Crippen LogP contribution in [0.1, 0.15) is 36.7 Å². The lowest BCUT2D eigenvalue weighted by atomic mass is 10.1. The Balaban J connectivity index is 3.36. The van der Waals surface area contributed by atoms with Crippen LogP contribution in [0.15, 0.2) is 17.0 Å². The summed E-state index contributed by atoms with van der Waals surface area (Å²) in [6, 6.07) is 2.04. The SMILES string of the molecule is Cc1cc(S(N)(=O)=O)cc(C(=O)NC(C)(C)C)c1F. The van der Waals surface area contributed by atoms with Crippen molar-refractivity contribution in [3.8, 4) is 0 Å². The summed E-state index contributed by atoms with van der Waals surface area (Å²) in [6.07, 6.45) is 0. The summed E-state index contributed by atoms with van der Waals surface area (Å²) >= 11 is 0. The summed E-state index contributed by atoms with van der Waals surface area (Å²) in [4.78, 5) is 11.6. The van der Waals surface area contributed by atoms with E-state index in [2.05, 4.69) is 5.32 Å². The molecule has 0 spiro atoms. The van der Waals surface area contributed by atoms with E-state index in [-0.39, 0.29) is 16.0 Å². The van der Waals surface area contributed by atoms with Crippen LogP contribution >= 0.6 is 0 Å². The van der Waals surface area contributed by atoms with Gasteiger partial charge in [-0.3, -0.25) is 4.79 Å². The molecular weight excluding hydrogens is 271 g/mol. The molecule has 0 radical (unpaired) electrons. The molecule has 0 saturated carbocycles. The van der Waals surface area contributed by atoms with E-state index in [4.69, 9.17) is 5.14 Å². The fraction of sp³-hybridized carbons (Fsp3) is 0.417. The summed E-state index contributed by atoms with van der Waals surface area (Å²) in [7, 11) is -3.99. The molecule has 0 fully saturated rings. The van der Waals surface area contributed by atoms with Gasteiger partial charge in [0.2, 0.25) is 10.0 Å². The summed E-state index contributed by atoms with van der Waals surface area (Å²) in [5, 5.41) is 7.56. The second-order valence-electron chi connectivity index (χ2n) is 5.35. The van der Waals surface area contributed by atoms with E-state index in [0.717, 1.165) is 12.1 Å². The molecule has 0 saturated heterocycles. The van der Waals surface area contributed by atoms with E-state index in [0.29, 0.717) is 0 Å². The Kier molecular flexibility index (Phi) is 4.02. The van der Waals surface area contributed by atoms with Crippen molar-refractivity contribution in [2.24, 2.45) is 5.14 Å². The third kappa shape index (κ3) is 4.00. The molecule has 1 rings (SSSR count). The Labute approximate surface area is 112 Å². The molecule has 0 aliphatic carbocycles. The summed E-state index contributed by atoms with van der Waals surface area (Å²) in [5.41, 5.74) is -0.848. The van der Waals surface area contributed by atoms with Crippen LogP contribution in [0, 0.1) is 12.7 Å². The van der Waals surface area contributed by atoms with Gasteiger partial charge in [0, 0.05) is 5.54 Å². The van der Waals surface area contributed by atoms with Crippen molar-refractivity contribution in [1.82, 2.24) is 5.32 Å². The molecule has 19 heavy (non-hydrogen) atoms. The first-order valence-corrected chi connectivity index (χ1v) is 7.12. The van der Waals surface area contributed by atoms with Gasteiger partial charge < -0.3 is 5.32 Å². The maximum absolute atomic E-state index is 13.9. The number of nitrogens with one attached hydrogen (secondary N) is 1. The van der Waals surface area contributed by atoms with Gasteiger partial charge in [-0.15, -0.1) is 0 Å². The number of halogens is 1. The number of rotatable bonds is 2. The summed E-state index contributed by atoms with van der Waals surface area (Å²) in [5.74, 6) is -1.44. The molecule has 0 bridgehead atoms. The Hall–Kier alpha value is -1.47. The molecule has 3 N–H and O–H groups in total. The number of sulfonamides is 1. The predicted molar refractivity (Wildman–Crippen MR) is 69.7 cm³/mol. The third-order valence-electron chi connectivity index (χ3n) is 2.29. The van der Waals surface area contributed by atoms with Gasteiger partial charge in [0.15, 0.2) is 0 Å². The third-order valence-corrected chi connectivity index (χ3v) is 3.18. The number of aryl methyl sites for hydroxylation is 1. The molecular formula is C12H17FN2O3S. The van der Waals surface area contributed by atoms with Crippen molar-refractivity contribution >= 4 is 15.9 Å². The highest BCUT2D eigenvalue weighted by Crippen LogP contribution is 2.19. The molecule has 0 heterocycles. The van der Waals surface area contributed by atoms with Gasteiger partial charge in [0.05, 0.1) is 10.5 Å². The second kappa shape index (κ2) is 4.90. The van der Waals surface area contributed by atoms with Crippen LogP contribution < -0.4 is 10.5 Å². The average Bonchev–Trinajstić information content (AvgIpc) is 2.17. The van der Waals surface area contributed by atoms with Crippen LogP contribution in [0.5, 0.6) is 0 Å². The minimum Gasteiger partial charge on any atom is -0.347 e. The lowest BCUT2D eigenvalue weighted by molar-refractivity contribution is 0.0915. The first-order chi connectivity index (χ1) is 8.42. The van der Waals surface area contributed by atoms with Crippen LogP contribution in [-0.2, 0) is 10.0 Å². The zero-order valence-corrected chi connectivity index (χ0v) is 12.1. The number of hydrogen-bond donors (Lipinski definition) is 2. The van der Waals surface area contributed by atoms with E-state index in [1.54, 1.807) is 20.8 Å². The first kappa shape index (κ1) is 15.6. The molecule has 106 valence electrons. The van der Waals surface area contributed by atoms with Crippen LogP contribution in [-0.4, -0.2) is 19.9 Å². The number of carbonyl (C=O) groups excluding carboxylic acids is 1. The highest BCUT2D eigenvalue weighted by Gasteiger charge is 2.22. The number of carbonyl (C=O) groups is 1. The molecule has 5 nitrogen and oxygen atoms in total. The van der Waals surface area contributed by atoms with Gasteiger partial charge in [-0.25, -0.2) is 17.9 Å². The van der Waals surface area contributed by atoms with Gasteiger partial charge in [-0.05, 0) is 45.4 Å². The van der Waals surface area contributed by atoms with Crippen LogP contribution in [0.25, 0.3) is 0 Å². The molecule has 1 aromatic carbocycles. The molecule has 0 unspecified atom stereocenters. The molecule has 0 aliphatic rings. The summed E-state index contributed by atoms with van der Waals surface area (Å²) < 4.78 is 36.5. The zero-order valence-electron chi connectivity index (χ0n) is 11.2. The Morgan fingerprint density at radius 1 is 1.32 bits per heavy atom. The minimum absolute atomic E-state index is 0.0468. The molecule has 0 atom stereocenters. The van der Waals surface area contributed by atoms with Crippen molar-refractivity contribution in [3.05, 3.63) is 29.1 Å². The Bertz CT molecular complexity index is 619. The zero-order chi connectivity index (χ0) is 15.0. The van der Waals surface area contributed by atoms with Gasteiger partial charge >= 0.3 is 0 Å². The molecule has 0 aliphatic heterocycles. The van der Waals surface area contributed by atoms with E-state index >= 15 is 0 Å². The Morgan fingerprint density at radius 2 is 1.84 bits per heavy atom. The Morgan fingerprint density at radius 3 is 2.26 bits per heavy atom. The number of amides is 1. The van der Waals surface area contributed by atoms with E-state index in [9.17, 15) is 17.6 Å². The molecule has 1 amide bonds. The minimum atomic E-state index is -3.99. The van der Waals surface area contributed by atoms with Crippen molar-refractivity contribution in [2.75, 3.05) is 0 Å². The van der Waals surface area contributed by atoms with Crippen LogP contribution in [0.4, 0.5) is 4.39 Å². The molecule has 0 aromatic heterocycles. The fourth-order valence-corrected chi connectivity index (χ4v) is 2.10. The highest BCUT2D eigenvalue weighted by molar-refractivity contribution is 7.89. The number of hydrogen-bond acceptors (Lipinski definition) is 3. The van der Waals surface area contributed by atoms with Gasteiger partial charge in [-0.1, -0.05) is 0 Å². The normalized spacial score (nSPS) is 12.3. The van der Waals surface area contributed by atoms with Crippen LogP contribution in [0.3, 0.4) is 0 Å². The van der Waals surface area contributed by atoms with E-state index < -0.39 is 27.3 Å². The lowest BCUT2D eigenvalue weighted by Gasteiger charge is -2.21. The average molecular weight is 288 g/mol. The van der Waals surface area contributed by atoms with Crippen molar-refractivity contribution in [2.45, 2.75) is 38.1 Å². The van der Waals surface area contributed by atoms with E-state index in [1.165, 1.54) is 6.92 Å². The standard InChI is InChI=1S/C12H17FN2O3S/c1-7-5-8(19(14,17)18)6-9(10(7)13)11(16)15-12(2,3)4/h5-6H,1-4H3,(H,15,16)(H2,14,17,18). The van der Waals surface area contributed by atoms with Gasteiger partial charge in [0.25, 0.3) is 5.91 Å². The van der Waals surface area contributed by atoms with Gasteiger partial charge in [-0.2, -0.15) is 0 Å². The maximum Gasteiger partial charge on any atom is 0.254 e.